The third kappa shape index (κ3) is 5.53. The molecule has 13 heteroatoms. The molecular weight excluding hydrogens is 604 g/mol. The third-order valence-electron chi connectivity index (χ3n) is 8.74. The number of hydrogen-bond donors (Lipinski definition) is 1. The first-order valence-electron chi connectivity index (χ1n) is 15.4. The lowest BCUT2D eigenvalue weighted by Crippen LogP contribution is -2.34. The zero-order valence-electron chi connectivity index (χ0n) is 25.2. The van der Waals surface area contributed by atoms with Crippen LogP contribution < -0.4 is 5.32 Å². The molecule has 0 bridgehead atoms. The fourth-order valence-corrected chi connectivity index (χ4v) is 6.22. The third-order valence-corrected chi connectivity index (χ3v) is 8.74. The predicted molar refractivity (Wildman–Crippen MR) is 169 cm³/mol. The lowest BCUT2D eigenvalue weighted by Gasteiger charge is -2.36. The molecule has 11 nitrogen and oxygen atoms in total. The molecule has 1 aromatic carbocycles. The number of nitrogens with one attached hydrogen (secondary N) is 1. The summed E-state index contributed by atoms with van der Waals surface area (Å²) in [5, 5.41) is 11.7. The molecule has 6 aromatic rings. The number of likely N-dealkylation sites (tertiary alicyclic amines) is 1. The van der Waals surface area contributed by atoms with Gasteiger partial charge in [-0.05, 0) is 68.1 Å². The van der Waals surface area contributed by atoms with Crippen molar-refractivity contribution in [2.45, 2.75) is 37.6 Å². The first-order chi connectivity index (χ1) is 22.9. The Bertz CT molecular complexity index is 2110. The summed E-state index contributed by atoms with van der Waals surface area (Å²) >= 11 is 0. The van der Waals surface area contributed by atoms with Crippen LogP contribution in [0.3, 0.4) is 0 Å². The smallest absolute Gasteiger partial charge is 0.257 e. The molecule has 0 radical (unpaired) electrons. The van der Waals surface area contributed by atoms with Crippen LogP contribution in [0, 0.1) is 11.8 Å². The maximum absolute atomic E-state index is 14.0. The van der Waals surface area contributed by atoms with Gasteiger partial charge in [-0.2, -0.15) is 9.49 Å². The van der Waals surface area contributed by atoms with Crippen molar-refractivity contribution >= 4 is 23.1 Å². The first-order valence-corrected chi connectivity index (χ1v) is 15.4. The summed E-state index contributed by atoms with van der Waals surface area (Å²) in [5.74, 6) is 0.0319. The van der Waals surface area contributed by atoms with E-state index in [0.717, 1.165) is 79.0 Å². The molecule has 2 fully saturated rings. The van der Waals surface area contributed by atoms with Crippen molar-refractivity contribution in [3.63, 3.8) is 0 Å². The largest absolute Gasteiger partial charge is 0.370 e. The highest BCUT2D eigenvalue weighted by atomic mass is 19.1. The number of carbonyl (C=O) groups excluding carboxylic acids is 1. The average Bonchev–Trinajstić information content (AvgIpc) is 3.44. The van der Waals surface area contributed by atoms with E-state index >= 15 is 0 Å². The van der Waals surface area contributed by atoms with Crippen LogP contribution in [0.5, 0.6) is 0 Å². The molecule has 1 saturated carbocycles. The minimum atomic E-state index is -0.747. The zero-order valence-corrected chi connectivity index (χ0v) is 25.2. The highest BCUT2D eigenvalue weighted by molar-refractivity contribution is 6.03. The summed E-state index contributed by atoms with van der Waals surface area (Å²) in [5.41, 5.74) is 5.25. The number of amides is 1. The molecule has 8 rings (SSSR count). The van der Waals surface area contributed by atoms with Gasteiger partial charge in [-0.25, -0.2) is 23.9 Å². The number of fused-ring (bicyclic) bond motifs is 1. The van der Waals surface area contributed by atoms with E-state index in [2.05, 4.69) is 36.5 Å². The fraction of sp³-hybridized carbons (Fsp3) is 0.235. The SMILES string of the molecule is C=C(c1ccon1)N1CCC(n2c(C3CC3)nc(-c3ccc(F)cc3)c2-c2ccc3nc(NC(=O)c4ccnc(F)c4)cn3n2)CC1. The summed E-state index contributed by atoms with van der Waals surface area (Å²) in [7, 11) is 0. The van der Waals surface area contributed by atoms with Gasteiger partial charge in [0.25, 0.3) is 5.91 Å². The number of hydrogen-bond acceptors (Lipinski definition) is 8. The van der Waals surface area contributed by atoms with Crippen molar-refractivity contribution in [1.82, 2.24) is 39.2 Å². The van der Waals surface area contributed by atoms with Crippen molar-refractivity contribution in [2.75, 3.05) is 18.4 Å². The van der Waals surface area contributed by atoms with Crippen molar-refractivity contribution in [2.24, 2.45) is 0 Å². The number of nitrogens with zero attached hydrogens (tertiary/aromatic N) is 8. The second-order valence-electron chi connectivity index (χ2n) is 11.8. The van der Waals surface area contributed by atoms with Crippen LogP contribution in [0.1, 0.15) is 59.5 Å². The van der Waals surface area contributed by atoms with E-state index in [0.29, 0.717) is 17.3 Å². The summed E-state index contributed by atoms with van der Waals surface area (Å²) in [6.45, 7) is 5.81. The second kappa shape index (κ2) is 11.6. The lowest BCUT2D eigenvalue weighted by molar-refractivity contribution is 0.102. The molecule has 6 heterocycles. The van der Waals surface area contributed by atoms with Gasteiger partial charge in [0.05, 0.1) is 23.3 Å². The molecule has 1 amide bonds. The summed E-state index contributed by atoms with van der Waals surface area (Å²) in [4.78, 5) is 28.2. The summed E-state index contributed by atoms with van der Waals surface area (Å²) in [6, 6.07) is 14.5. The number of benzene rings is 1. The molecule has 236 valence electrons. The molecule has 2 aliphatic rings. The van der Waals surface area contributed by atoms with Gasteiger partial charge in [0.2, 0.25) is 5.95 Å². The fourth-order valence-electron chi connectivity index (χ4n) is 6.22. The van der Waals surface area contributed by atoms with Gasteiger partial charge in [-0.15, -0.1) is 0 Å². The number of piperidine rings is 1. The number of rotatable bonds is 8. The Morgan fingerprint density at radius 1 is 0.979 bits per heavy atom. The summed E-state index contributed by atoms with van der Waals surface area (Å²) < 4.78 is 36.6. The van der Waals surface area contributed by atoms with Crippen LogP contribution in [0.15, 0.2) is 84.4 Å². The van der Waals surface area contributed by atoms with Crippen molar-refractivity contribution in [3.8, 4) is 22.6 Å². The molecule has 0 spiro atoms. The molecule has 5 aromatic heterocycles. The first kappa shape index (κ1) is 28.7. The van der Waals surface area contributed by atoms with E-state index in [9.17, 15) is 13.6 Å². The summed E-state index contributed by atoms with van der Waals surface area (Å²) in [6.07, 6.45) is 8.20. The average molecular weight is 634 g/mol. The molecule has 0 unspecified atom stereocenters. The van der Waals surface area contributed by atoms with Crippen molar-refractivity contribution in [1.29, 1.82) is 0 Å². The number of anilines is 1. The van der Waals surface area contributed by atoms with Gasteiger partial charge in [0, 0.05) is 54.5 Å². The van der Waals surface area contributed by atoms with Crippen LogP contribution in [0.25, 0.3) is 34.0 Å². The number of carbonyl (C=O) groups is 1. The molecule has 0 atom stereocenters. The molecule has 1 aliphatic heterocycles. The number of pyridine rings is 1. The van der Waals surface area contributed by atoms with E-state index in [1.54, 1.807) is 29.1 Å². The van der Waals surface area contributed by atoms with Crippen LogP contribution >= 0.6 is 0 Å². The van der Waals surface area contributed by atoms with Crippen molar-refractivity contribution < 1.29 is 18.1 Å². The second-order valence-corrected chi connectivity index (χ2v) is 11.8. The van der Waals surface area contributed by atoms with Gasteiger partial charge in [0.1, 0.15) is 29.3 Å². The van der Waals surface area contributed by atoms with Gasteiger partial charge >= 0.3 is 0 Å². The maximum Gasteiger partial charge on any atom is 0.257 e. The van der Waals surface area contributed by atoms with Crippen LogP contribution in [-0.2, 0) is 0 Å². The Hall–Kier alpha value is -5.72. The van der Waals surface area contributed by atoms with Gasteiger partial charge in [-0.1, -0.05) is 11.7 Å². The molecular formula is C34H29F2N9O2. The van der Waals surface area contributed by atoms with Crippen LogP contribution in [0.4, 0.5) is 14.6 Å². The highest BCUT2D eigenvalue weighted by Crippen LogP contribution is 2.46. The number of imidazole rings is 2. The minimum Gasteiger partial charge on any atom is -0.370 e. The zero-order chi connectivity index (χ0) is 32.1. The Morgan fingerprint density at radius 3 is 2.51 bits per heavy atom. The lowest BCUT2D eigenvalue weighted by atomic mass is 10.0. The Balaban J connectivity index is 1.17. The van der Waals surface area contributed by atoms with E-state index in [4.69, 9.17) is 14.6 Å². The Labute approximate surface area is 267 Å². The van der Waals surface area contributed by atoms with E-state index in [1.807, 2.05) is 18.2 Å². The molecule has 47 heavy (non-hydrogen) atoms. The van der Waals surface area contributed by atoms with E-state index < -0.39 is 11.9 Å². The van der Waals surface area contributed by atoms with Gasteiger partial charge in [0.15, 0.2) is 11.5 Å². The number of aromatic nitrogens is 7. The quantitative estimate of drug-likeness (QED) is 0.193. The van der Waals surface area contributed by atoms with E-state index in [-0.39, 0.29) is 23.2 Å². The maximum atomic E-state index is 14.0. The molecule has 1 aliphatic carbocycles. The van der Waals surface area contributed by atoms with Crippen molar-refractivity contribution in [3.05, 3.63) is 109 Å². The Morgan fingerprint density at radius 2 is 1.79 bits per heavy atom. The van der Waals surface area contributed by atoms with Gasteiger partial charge < -0.3 is 19.3 Å². The normalized spacial score (nSPS) is 15.3. The van der Waals surface area contributed by atoms with Crippen LogP contribution in [-0.4, -0.2) is 58.2 Å². The van der Waals surface area contributed by atoms with Gasteiger partial charge in [-0.3, -0.25) is 4.79 Å². The highest BCUT2D eigenvalue weighted by Gasteiger charge is 2.36. The predicted octanol–water partition coefficient (Wildman–Crippen LogP) is 6.36. The van der Waals surface area contributed by atoms with Crippen LogP contribution in [0.2, 0.25) is 0 Å². The number of halogens is 2. The molecule has 1 N–H and O–H groups in total. The molecule has 1 saturated heterocycles. The standard InChI is InChI=1S/C34H29F2N9O2/c1-20(26-13-17-47-42-26)43-15-11-25(12-16-43)45-32(31(40-33(45)22-2-3-22)21-4-6-24(35)7-5-21)27-8-9-30-38-29(19-44(30)41-27)39-34(46)23-10-14-37-28(36)18-23/h4-10,13-14,17-19,22,25H,1-3,11-12,15-16H2,(H,39,46). The Kier molecular flexibility index (Phi) is 7.08. The van der Waals surface area contributed by atoms with E-state index in [1.165, 1.54) is 24.4 Å². The minimum absolute atomic E-state index is 0.124. The topological polar surface area (TPSA) is 119 Å². The monoisotopic (exact) mass is 633 g/mol.